The smallest absolute Gasteiger partial charge is 0.320 e. The lowest BCUT2D eigenvalue weighted by Gasteiger charge is -2.41. The number of nitrogens with zero attached hydrogens (tertiary/aromatic N) is 6. The molecule has 2 aromatic carbocycles. The van der Waals surface area contributed by atoms with Crippen LogP contribution in [0.4, 0.5) is 9.18 Å². The Labute approximate surface area is 172 Å². The molecule has 0 aliphatic carbocycles. The summed E-state index contributed by atoms with van der Waals surface area (Å²) in [5, 5.41) is 11.8. The van der Waals surface area contributed by atoms with Gasteiger partial charge in [0.1, 0.15) is 17.3 Å². The van der Waals surface area contributed by atoms with Gasteiger partial charge in [-0.2, -0.15) is 4.80 Å². The van der Waals surface area contributed by atoms with Crippen molar-refractivity contribution in [3.8, 4) is 11.5 Å². The van der Waals surface area contributed by atoms with Crippen LogP contribution in [0.15, 0.2) is 54.9 Å². The molecule has 2 fully saturated rings. The van der Waals surface area contributed by atoms with Gasteiger partial charge >= 0.3 is 6.03 Å². The van der Waals surface area contributed by atoms with E-state index in [4.69, 9.17) is 4.74 Å². The van der Waals surface area contributed by atoms with Gasteiger partial charge in [0.2, 0.25) is 0 Å². The van der Waals surface area contributed by atoms with E-state index in [2.05, 4.69) is 15.4 Å². The quantitative estimate of drug-likeness (QED) is 0.663. The van der Waals surface area contributed by atoms with Gasteiger partial charge < -0.3 is 14.5 Å². The van der Waals surface area contributed by atoms with Crippen molar-refractivity contribution in [2.75, 3.05) is 26.2 Å². The number of tetrazole rings is 1. The van der Waals surface area contributed by atoms with Crippen LogP contribution < -0.4 is 4.74 Å². The Morgan fingerprint density at radius 2 is 1.67 bits per heavy atom. The first kappa shape index (κ1) is 18.5. The first-order chi connectivity index (χ1) is 14.7. The van der Waals surface area contributed by atoms with Gasteiger partial charge in [0, 0.05) is 32.1 Å². The predicted octanol–water partition coefficient (Wildman–Crippen LogP) is 3.07. The molecule has 2 saturated heterocycles. The van der Waals surface area contributed by atoms with Gasteiger partial charge in [-0.15, -0.1) is 10.2 Å². The molecule has 0 bridgehead atoms. The molecular formula is C21H21FN6O2. The molecule has 0 N–H and O–H groups in total. The Bertz CT molecular complexity index is 1000. The van der Waals surface area contributed by atoms with Gasteiger partial charge in [-0.3, -0.25) is 0 Å². The molecule has 3 heterocycles. The fourth-order valence-electron chi connectivity index (χ4n) is 3.94. The van der Waals surface area contributed by atoms with E-state index in [9.17, 15) is 9.18 Å². The number of amides is 2. The van der Waals surface area contributed by atoms with Crippen molar-refractivity contribution < 1.29 is 13.9 Å². The molecule has 1 atom stereocenters. The number of urea groups is 1. The molecule has 1 aromatic heterocycles. The Hall–Kier alpha value is -3.49. The SMILES string of the molecule is O=C(N1CC(c2ccc(Oc3ccc(F)cc3)cc2)C1)N1CC[C@@H](n2ncnn2)C1. The topological polar surface area (TPSA) is 76.4 Å². The highest BCUT2D eigenvalue weighted by atomic mass is 19.1. The van der Waals surface area contributed by atoms with E-state index >= 15 is 0 Å². The number of benzene rings is 2. The molecule has 154 valence electrons. The van der Waals surface area contributed by atoms with Gasteiger partial charge in [-0.1, -0.05) is 12.1 Å². The van der Waals surface area contributed by atoms with Gasteiger partial charge in [-0.25, -0.2) is 9.18 Å². The number of hydrogen-bond donors (Lipinski definition) is 0. The third-order valence-corrected chi connectivity index (χ3v) is 5.68. The Morgan fingerprint density at radius 1 is 0.967 bits per heavy atom. The summed E-state index contributed by atoms with van der Waals surface area (Å²) in [6.45, 7) is 2.74. The zero-order valence-corrected chi connectivity index (χ0v) is 16.3. The van der Waals surface area contributed by atoms with Crippen LogP contribution >= 0.6 is 0 Å². The monoisotopic (exact) mass is 408 g/mol. The van der Waals surface area contributed by atoms with Gasteiger partial charge in [0.25, 0.3) is 0 Å². The van der Waals surface area contributed by atoms with Crippen LogP contribution in [0.2, 0.25) is 0 Å². The molecule has 2 amide bonds. The summed E-state index contributed by atoms with van der Waals surface area (Å²) in [5.74, 6) is 1.32. The third-order valence-electron chi connectivity index (χ3n) is 5.68. The highest BCUT2D eigenvalue weighted by Crippen LogP contribution is 2.31. The van der Waals surface area contributed by atoms with Crippen molar-refractivity contribution in [3.05, 3.63) is 66.2 Å². The number of halogens is 1. The lowest BCUT2D eigenvalue weighted by Crippen LogP contribution is -2.53. The van der Waals surface area contributed by atoms with E-state index in [1.165, 1.54) is 24.0 Å². The average molecular weight is 408 g/mol. The predicted molar refractivity (Wildman–Crippen MR) is 106 cm³/mol. The molecule has 8 nitrogen and oxygen atoms in total. The summed E-state index contributed by atoms with van der Waals surface area (Å²) in [5.41, 5.74) is 1.18. The average Bonchev–Trinajstić information content (AvgIpc) is 3.41. The first-order valence-electron chi connectivity index (χ1n) is 9.95. The highest BCUT2D eigenvalue weighted by Gasteiger charge is 2.37. The molecule has 0 radical (unpaired) electrons. The molecule has 3 aromatic rings. The molecule has 0 unspecified atom stereocenters. The van der Waals surface area contributed by atoms with Gasteiger partial charge in [0.05, 0.1) is 6.04 Å². The minimum absolute atomic E-state index is 0.0742. The van der Waals surface area contributed by atoms with E-state index in [-0.39, 0.29) is 17.9 Å². The third kappa shape index (κ3) is 3.70. The standard InChI is InChI=1S/C21H21FN6O2/c22-17-3-7-20(8-4-17)30-19-5-1-15(2-6-19)16-11-27(12-16)21(29)26-10-9-18(13-26)28-24-14-23-25-28/h1-8,14,16,18H,9-13H2/t18-/m1/s1. The largest absolute Gasteiger partial charge is 0.457 e. The molecule has 0 spiro atoms. The number of aromatic nitrogens is 4. The van der Waals surface area contributed by atoms with E-state index in [1.54, 1.807) is 16.9 Å². The van der Waals surface area contributed by atoms with Crippen molar-refractivity contribution >= 4 is 6.03 Å². The fourth-order valence-corrected chi connectivity index (χ4v) is 3.94. The summed E-state index contributed by atoms with van der Waals surface area (Å²) in [6.07, 6.45) is 2.26. The minimum Gasteiger partial charge on any atom is -0.457 e. The summed E-state index contributed by atoms with van der Waals surface area (Å²) < 4.78 is 18.7. The van der Waals surface area contributed by atoms with E-state index in [0.29, 0.717) is 43.6 Å². The number of rotatable bonds is 4. The molecule has 0 saturated carbocycles. The zero-order chi connectivity index (χ0) is 20.5. The molecule has 30 heavy (non-hydrogen) atoms. The summed E-state index contributed by atoms with van der Waals surface area (Å²) in [4.78, 5) is 18.1. The molecular weight excluding hydrogens is 387 g/mol. The van der Waals surface area contributed by atoms with Crippen LogP contribution in [0.1, 0.15) is 23.9 Å². The number of likely N-dealkylation sites (tertiary alicyclic amines) is 2. The summed E-state index contributed by atoms with van der Waals surface area (Å²) in [6, 6.07) is 14.0. The Kier molecular flexibility index (Phi) is 4.78. The highest BCUT2D eigenvalue weighted by molar-refractivity contribution is 5.76. The lowest BCUT2D eigenvalue weighted by molar-refractivity contribution is 0.120. The lowest BCUT2D eigenvalue weighted by atomic mass is 9.92. The number of carbonyl (C=O) groups excluding carboxylic acids is 1. The van der Waals surface area contributed by atoms with Crippen molar-refractivity contribution in [2.45, 2.75) is 18.4 Å². The van der Waals surface area contributed by atoms with Crippen LogP contribution in [0.3, 0.4) is 0 Å². The maximum atomic E-state index is 13.0. The van der Waals surface area contributed by atoms with Crippen LogP contribution in [0, 0.1) is 5.82 Å². The van der Waals surface area contributed by atoms with Crippen molar-refractivity contribution in [1.29, 1.82) is 0 Å². The second kappa shape index (κ2) is 7.74. The number of hydrogen-bond acceptors (Lipinski definition) is 5. The number of ether oxygens (including phenoxy) is 1. The van der Waals surface area contributed by atoms with Gasteiger partial charge in [0.15, 0.2) is 6.33 Å². The second-order valence-corrected chi connectivity index (χ2v) is 7.65. The van der Waals surface area contributed by atoms with E-state index < -0.39 is 0 Å². The Morgan fingerprint density at radius 3 is 2.33 bits per heavy atom. The molecule has 2 aliphatic rings. The zero-order valence-electron chi connectivity index (χ0n) is 16.3. The normalized spacial score (nSPS) is 19.0. The van der Waals surface area contributed by atoms with E-state index in [0.717, 1.165) is 6.42 Å². The van der Waals surface area contributed by atoms with Crippen LogP contribution in [0.5, 0.6) is 11.5 Å². The maximum absolute atomic E-state index is 13.0. The van der Waals surface area contributed by atoms with Crippen molar-refractivity contribution in [1.82, 2.24) is 30.0 Å². The van der Waals surface area contributed by atoms with Crippen molar-refractivity contribution in [2.24, 2.45) is 0 Å². The summed E-state index contributed by atoms with van der Waals surface area (Å²) in [7, 11) is 0. The summed E-state index contributed by atoms with van der Waals surface area (Å²) >= 11 is 0. The molecule has 9 heteroatoms. The maximum Gasteiger partial charge on any atom is 0.320 e. The van der Waals surface area contributed by atoms with Gasteiger partial charge in [-0.05, 0) is 53.6 Å². The van der Waals surface area contributed by atoms with Crippen LogP contribution in [-0.2, 0) is 0 Å². The molecule has 2 aliphatic heterocycles. The van der Waals surface area contributed by atoms with Crippen molar-refractivity contribution in [3.63, 3.8) is 0 Å². The van der Waals surface area contributed by atoms with Crippen LogP contribution in [0.25, 0.3) is 0 Å². The van der Waals surface area contributed by atoms with Crippen LogP contribution in [-0.4, -0.2) is 62.2 Å². The second-order valence-electron chi connectivity index (χ2n) is 7.65. The fraction of sp³-hybridized carbons (Fsp3) is 0.333. The number of carbonyl (C=O) groups is 1. The first-order valence-corrected chi connectivity index (χ1v) is 9.95. The molecule has 5 rings (SSSR count). The minimum atomic E-state index is -0.290. The van der Waals surface area contributed by atoms with E-state index in [1.807, 2.05) is 34.1 Å². The Balaban J connectivity index is 1.13.